The molecule has 0 radical (unpaired) electrons. The van der Waals surface area contributed by atoms with Gasteiger partial charge in [0.25, 0.3) is 0 Å². The number of rotatable bonds is 2. The molecular weight excluding hydrogens is 230 g/mol. The Morgan fingerprint density at radius 3 is 2.61 bits per heavy atom. The zero-order valence-electron chi connectivity index (χ0n) is 10.2. The summed E-state index contributed by atoms with van der Waals surface area (Å²) in [5, 5.41) is 4.11. The molecule has 7 heteroatoms. The average molecular weight is 245 g/mol. The first-order valence-corrected chi connectivity index (χ1v) is 5.99. The van der Waals surface area contributed by atoms with E-state index in [1.54, 1.807) is 10.9 Å². The molecule has 1 fully saturated rings. The number of nitrogens with zero attached hydrogens (tertiary/aromatic N) is 6. The van der Waals surface area contributed by atoms with Crippen LogP contribution in [-0.2, 0) is 7.05 Å². The third-order valence-corrected chi connectivity index (χ3v) is 3.08. The third-order valence-electron chi connectivity index (χ3n) is 3.08. The lowest BCUT2D eigenvalue weighted by Gasteiger charge is -2.15. The van der Waals surface area contributed by atoms with Crippen LogP contribution in [0.15, 0.2) is 12.3 Å². The van der Waals surface area contributed by atoms with Crippen LogP contribution in [0.1, 0.15) is 12.8 Å². The molecule has 0 amide bonds. The van der Waals surface area contributed by atoms with Gasteiger partial charge in [0.1, 0.15) is 5.69 Å². The van der Waals surface area contributed by atoms with Gasteiger partial charge >= 0.3 is 0 Å². The van der Waals surface area contributed by atoms with Gasteiger partial charge in [-0.2, -0.15) is 20.1 Å². The van der Waals surface area contributed by atoms with Crippen molar-refractivity contribution in [3.63, 3.8) is 0 Å². The molecule has 18 heavy (non-hydrogen) atoms. The van der Waals surface area contributed by atoms with Gasteiger partial charge in [0.05, 0.1) is 0 Å². The molecule has 2 aromatic heterocycles. The second-order valence-corrected chi connectivity index (χ2v) is 4.35. The van der Waals surface area contributed by atoms with Crippen LogP contribution < -0.4 is 10.6 Å². The lowest BCUT2D eigenvalue weighted by Crippen LogP contribution is -2.21. The van der Waals surface area contributed by atoms with Gasteiger partial charge in [-0.25, -0.2) is 0 Å². The van der Waals surface area contributed by atoms with Gasteiger partial charge in [-0.3, -0.25) is 4.68 Å². The molecule has 1 aliphatic rings. The van der Waals surface area contributed by atoms with Crippen molar-refractivity contribution in [3.05, 3.63) is 12.3 Å². The van der Waals surface area contributed by atoms with E-state index in [-0.39, 0.29) is 5.95 Å². The topological polar surface area (TPSA) is 85.8 Å². The van der Waals surface area contributed by atoms with Gasteiger partial charge in [0.15, 0.2) is 5.82 Å². The van der Waals surface area contributed by atoms with Crippen LogP contribution in [0.5, 0.6) is 0 Å². The predicted octanol–water partition coefficient (Wildman–Crippen LogP) is 0.454. The molecule has 2 aromatic rings. The minimum Gasteiger partial charge on any atom is -0.368 e. The van der Waals surface area contributed by atoms with E-state index in [2.05, 4.69) is 25.0 Å². The molecule has 0 spiro atoms. The maximum Gasteiger partial charge on any atom is 0.230 e. The van der Waals surface area contributed by atoms with E-state index < -0.39 is 0 Å². The summed E-state index contributed by atoms with van der Waals surface area (Å²) in [7, 11) is 1.85. The molecule has 3 heterocycles. The number of nitrogens with two attached hydrogens (primary N) is 1. The van der Waals surface area contributed by atoms with Crippen molar-refractivity contribution < 1.29 is 0 Å². The second-order valence-electron chi connectivity index (χ2n) is 4.35. The van der Waals surface area contributed by atoms with Crippen LogP contribution in [0.3, 0.4) is 0 Å². The molecule has 0 saturated carbocycles. The van der Waals surface area contributed by atoms with E-state index in [4.69, 9.17) is 5.73 Å². The van der Waals surface area contributed by atoms with Gasteiger partial charge in [-0.1, -0.05) is 0 Å². The van der Waals surface area contributed by atoms with Crippen LogP contribution in [0.4, 0.5) is 11.9 Å². The minimum absolute atomic E-state index is 0.253. The zero-order valence-corrected chi connectivity index (χ0v) is 10.2. The third kappa shape index (κ3) is 1.87. The minimum atomic E-state index is 0.253. The van der Waals surface area contributed by atoms with E-state index in [1.807, 2.05) is 13.1 Å². The van der Waals surface area contributed by atoms with Crippen molar-refractivity contribution in [2.24, 2.45) is 7.05 Å². The number of aromatic nitrogens is 5. The molecule has 0 aromatic carbocycles. The Morgan fingerprint density at radius 1 is 1.17 bits per heavy atom. The monoisotopic (exact) mass is 245 g/mol. The van der Waals surface area contributed by atoms with Gasteiger partial charge in [0.2, 0.25) is 11.9 Å². The van der Waals surface area contributed by atoms with Crippen LogP contribution in [0, 0.1) is 0 Å². The van der Waals surface area contributed by atoms with Crippen molar-refractivity contribution in [2.45, 2.75) is 12.8 Å². The number of anilines is 2. The van der Waals surface area contributed by atoms with Crippen LogP contribution in [-0.4, -0.2) is 37.8 Å². The van der Waals surface area contributed by atoms with E-state index in [9.17, 15) is 0 Å². The summed E-state index contributed by atoms with van der Waals surface area (Å²) in [6, 6.07) is 1.86. The summed E-state index contributed by atoms with van der Waals surface area (Å²) in [6.07, 6.45) is 4.06. The maximum absolute atomic E-state index is 5.76. The van der Waals surface area contributed by atoms with Crippen LogP contribution >= 0.6 is 0 Å². The molecule has 1 aliphatic heterocycles. The first-order valence-electron chi connectivity index (χ1n) is 5.99. The number of nitrogen functional groups attached to an aromatic ring is 1. The largest absolute Gasteiger partial charge is 0.368 e. The summed E-state index contributed by atoms with van der Waals surface area (Å²) in [5.74, 6) is 1.49. The maximum atomic E-state index is 5.76. The molecule has 0 bridgehead atoms. The molecule has 0 atom stereocenters. The van der Waals surface area contributed by atoms with Crippen molar-refractivity contribution in [1.82, 2.24) is 24.7 Å². The summed E-state index contributed by atoms with van der Waals surface area (Å²) in [4.78, 5) is 15.0. The van der Waals surface area contributed by atoms with Crippen LogP contribution in [0.25, 0.3) is 11.5 Å². The van der Waals surface area contributed by atoms with Gasteiger partial charge < -0.3 is 10.6 Å². The van der Waals surface area contributed by atoms with Gasteiger partial charge in [0, 0.05) is 26.3 Å². The van der Waals surface area contributed by atoms with Crippen molar-refractivity contribution in [1.29, 1.82) is 0 Å². The summed E-state index contributed by atoms with van der Waals surface area (Å²) in [6.45, 7) is 1.96. The zero-order chi connectivity index (χ0) is 12.5. The highest BCUT2D eigenvalue weighted by atomic mass is 15.3. The Hall–Kier alpha value is -2.18. The molecule has 0 aliphatic carbocycles. The Kier molecular flexibility index (Phi) is 2.58. The summed E-state index contributed by atoms with van der Waals surface area (Å²) in [5.41, 5.74) is 6.60. The average Bonchev–Trinajstić information content (AvgIpc) is 2.98. The smallest absolute Gasteiger partial charge is 0.230 e. The molecule has 7 nitrogen and oxygen atoms in total. The quantitative estimate of drug-likeness (QED) is 0.827. The highest BCUT2D eigenvalue weighted by Crippen LogP contribution is 2.20. The standard InChI is InChI=1S/C11H15N7/c1-17-8(4-5-13-17)9-14-10(12)16-11(15-9)18-6-2-3-7-18/h4-5H,2-3,6-7H2,1H3,(H2,12,14,15,16). The van der Waals surface area contributed by atoms with Crippen molar-refractivity contribution >= 4 is 11.9 Å². The fraction of sp³-hybridized carbons (Fsp3) is 0.455. The lowest BCUT2D eigenvalue weighted by atomic mass is 10.4. The van der Waals surface area contributed by atoms with E-state index in [1.165, 1.54) is 12.8 Å². The van der Waals surface area contributed by atoms with Gasteiger partial charge in [-0.05, 0) is 18.9 Å². The first kappa shape index (κ1) is 10.9. The number of hydrogen-bond donors (Lipinski definition) is 1. The van der Waals surface area contributed by atoms with E-state index in [0.717, 1.165) is 18.8 Å². The van der Waals surface area contributed by atoms with Crippen molar-refractivity contribution in [2.75, 3.05) is 23.7 Å². The highest BCUT2D eigenvalue weighted by molar-refractivity contribution is 5.53. The fourth-order valence-corrected chi connectivity index (χ4v) is 2.15. The number of aryl methyl sites for hydroxylation is 1. The highest BCUT2D eigenvalue weighted by Gasteiger charge is 2.18. The van der Waals surface area contributed by atoms with Crippen LogP contribution in [0.2, 0.25) is 0 Å². The summed E-state index contributed by atoms with van der Waals surface area (Å²) >= 11 is 0. The molecular formula is C11H15N7. The molecule has 94 valence electrons. The molecule has 2 N–H and O–H groups in total. The first-order chi connectivity index (χ1) is 8.74. The Morgan fingerprint density at radius 2 is 1.94 bits per heavy atom. The van der Waals surface area contributed by atoms with E-state index in [0.29, 0.717) is 11.8 Å². The Labute approximate surface area is 105 Å². The van der Waals surface area contributed by atoms with E-state index >= 15 is 0 Å². The molecule has 1 saturated heterocycles. The predicted molar refractivity (Wildman–Crippen MR) is 67.9 cm³/mol. The second kappa shape index (κ2) is 4.25. The Balaban J connectivity index is 2.03. The SMILES string of the molecule is Cn1nccc1-c1nc(N)nc(N2CCCC2)n1. The van der Waals surface area contributed by atoms with Gasteiger partial charge in [-0.15, -0.1) is 0 Å². The normalized spacial score (nSPS) is 15.3. The summed E-state index contributed by atoms with van der Waals surface area (Å²) < 4.78 is 1.72. The number of hydrogen-bond acceptors (Lipinski definition) is 6. The Bertz CT molecular complexity index is 556. The lowest BCUT2D eigenvalue weighted by molar-refractivity contribution is 0.767. The van der Waals surface area contributed by atoms with Crippen molar-refractivity contribution in [3.8, 4) is 11.5 Å². The fourth-order valence-electron chi connectivity index (χ4n) is 2.15. The molecule has 3 rings (SSSR count). The molecule has 0 unspecified atom stereocenters.